The lowest BCUT2D eigenvalue weighted by Gasteiger charge is -2.14. The van der Waals surface area contributed by atoms with Crippen molar-refractivity contribution in [3.05, 3.63) is 88.6 Å². The van der Waals surface area contributed by atoms with Crippen molar-refractivity contribution in [1.82, 2.24) is 0 Å². The lowest BCUT2D eigenvalue weighted by molar-refractivity contribution is 0.102. The molecule has 3 rings (SSSR count). The molecule has 3 aromatic carbocycles. The van der Waals surface area contributed by atoms with Gasteiger partial charge in [0.25, 0.3) is 15.9 Å². The van der Waals surface area contributed by atoms with Crippen molar-refractivity contribution >= 4 is 43.2 Å². The van der Waals surface area contributed by atoms with Gasteiger partial charge in [-0.1, -0.05) is 30.3 Å². The summed E-state index contributed by atoms with van der Waals surface area (Å²) in [6.07, 6.45) is 0. The molecule has 0 aromatic heterocycles. The number of nitrogens with one attached hydrogen (secondary N) is 2. The molecule has 0 fully saturated rings. The SMILES string of the molecule is O=C(Nc1ccccc1NS(=O)(=O)c1ccccc1)c1ccc(F)cc1Br. The summed E-state index contributed by atoms with van der Waals surface area (Å²) in [6, 6.07) is 18.0. The molecule has 27 heavy (non-hydrogen) atoms. The van der Waals surface area contributed by atoms with Crippen molar-refractivity contribution in [2.75, 3.05) is 10.0 Å². The van der Waals surface area contributed by atoms with Crippen LogP contribution in [0.5, 0.6) is 0 Å². The standard InChI is InChI=1S/C19H14BrFN2O3S/c20-16-12-13(21)10-11-15(16)19(24)22-17-8-4-5-9-18(17)23-27(25,26)14-6-2-1-3-7-14/h1-12,23H,(H,22,24). The van der Waals surface area contributed by atoms with E-state index in [0.29, 0.717) is 4.47 Å². The van der Waals surface area contributed by atoms with Gasteiger partial charge in [0, 0.05) is 4.47 Å². The fraction of sp³-hybridized carbons (Fsp3) is 0. The highest BCUT2D eigenvalue weighted by molar-refractivity contribution is 9.10. The third kappa shape index (κ3) is 4.53. The quantitative estimate of drug-likeness (QED) is 0.596. The van der Waals surface area contributed by atoms with Gasteiger partial charge in [-0.2, -0.15) is 0 Å². The van der Waals surface area contributed by atoms with E-state index in [9.17, 15) is 17.6 Å². The number of amides is 1. The molecular formula is C19H14BrFN2O3S. The van der Waals surface area contributed by atoms with Gasteiger partial charge in [0.2, 0.25) is 0 Å². The zero-order valence-corrected chi connectivity index (χ0v) is 16.2. The summed E-state index contributed by atoms with van der Waals surface area (Å²) in [7, 11) is -3.81. The number of halogens is 2. The van der Waals surface area contributed by atoms with Crippen LogP contribution in [-0.2, 0) is 10.0 Å². The minimum atomic E-state index is -3.81. The van der Waals surface area contributed by atoms with Crippen LogP contribution in [-0.4, -0.2) is 14.3 Å². The second-order valence-corrected chi connectivity index (χ2v) is 8.08. The number of hydrogen-bond donors (Lipinski definition) is 2. The van der Waals surface area contributed by atoms with Crippen molar-refractivity contribution in [2.45, 2.75) is 4.90 Å². The number of carbonyl (C=O) groups is 1. The summed E-state index contributed by atoms with van der Waals surface area (Å²) in [4.78, 5) is 12.6. The van der Waals surface area contributed by atoms with E-state index in [1.165, 1.54) is 36.4 Å². The van der Waals surface area contributed by atoms with Gasteiger partial charge in [0.15, 0.2) is 0 Å². The second-order valence-electron chi connectivity index (χ2n) is 5.54. The van der Waals surface area contributed by atoms with Gasteiger partial charge in [0.1, 0.15) is 5.82 Å². The van der Waals surface area contributed by atoms with Crippen LogP contribution in [0.4, 0.5) is 15.8 Å². The molecule has 0 saturated heterocycles. The molecular weight excluding hydrogens is 435 g/mol. The van der Waals surface area contributed by atoms with Gasteiger partial charge in [-0.15, -0.1) is 0 Å². The molecule has 2 N–H and O–H groups in total. The Balaban J connectivity index is 1.87. The fourth-order valence-corrected chi connectivity index (χ4v) is 3.98. The molecule has 0 saturated carbocycles. The second kappa shape index (κ2) is 7.89. The summed E-state index contributed by atoms with van der Waals surface area (Å²) in [5, 5.41) is 2.64. The first-order valence-corrected chi connectivity index (χ1v) is 10.1. The predicted octanol–water partition coefficient (Wildman–Crippen LogP) is 4.64. The molecule has 0 atom stereocenters. The lowest BCUT2D eigenvalue weighted by Crippen LogP contribution is -2.17. The third-order valence-corrected chi connectivity index (χ3v) is 5.69. The van der Waals surface area contributed by atoms with E-state index >= 15 is 0 Å². The number of carbonyl (C=O) groups excluding carboxylic acids is 1. The Labute approximate surface area is 164 Å². The van der Waals surface area contributed by atoms with Crippen LogP contribution in [0.3, 0.4) is 0 Å². The molecule has 1 amide bonds. The summed E-state index contributed by atoms with van der Waals surface area (Å²) >= 11 is 3.15. The van der Waals surface area contributed by atoms with E-state index in [1.54, 1.807) is 36.4 Å². The Morgan fingerprint density at radius 1 is 0.889 bits per heavy atom. The molecule has 5 nitrogen and oxygen atoms in total. The van der Waals surface area contributed by atoms with Crippen molar-refractivity contribution in [3.63, 3.8) is 0 Å². The highest BCUT2D eigenvalue weighted by Gasteiger charge is 2.17. The first kappa shape index (κ1) is 19.1. The normalized spacial score (nSPS) is 11.0. The van der Waals surface area contributed by atoms with Crippen LogP contribution in [0.25, 0.3) is 0 Å². The summed E-state index contributed by atoms with van der Waals surface area (Å²) in [5.41, 5.74) is 0.711. The molecule has 0 unspecified atom stereocenters. The zero-order valence-electron chi connectivity index (χ0n) is 13.8. The number of anilines is 2. The summed E-state index contributed by atoms with van der Waals surface area (Å²) in [5.74, 6) is -0.984. The maximum Gasteiger partial charge on any atom is 0.261 e. The first-order chi connectivity index (χ1) is 12.9. The Morgan fingerprint density at radius 2 is 1.52 bits per heavy atom. The van der Waals surface area contributed by atoms with E-state index in [4.69, 9.17) is 0 Å². The van der Waals surface area contributed by atoms with Crippen molar-refractivity contribution in [1.29, 1.82) is 0 Å². The largest absolute Gasteiger partial charge is 0.320 e. The van der Waals surface area contributed by atoms with E-state index in [2.05, 4.69) is 26.0 Å². The van der Waals surface area contributed by atoms with Crippen molar-refractivity contribution < 1.29 is 17.6 Å². The number of hydrogen-bond acceptors (Lipinski definition) is 3. The minimum absolute atomic E-state index is 0.104. The Bertz CT molecular complexity index is 1090. The maximum atomic E-state index is 13.2. The third-order valence-electron chi connectivity index (χ3n) is 3.65. The molecule has 0 aliphatic rings. The van der Waals surface area contributed by atoms with Gasteiger partial charge >= 0.3 is 0 Å². The molecule has 0 heterocycles. The Morgan fingerprint density at radius 3 is 2.19 bits per heavy atom. The maximum absolute atomic E-state index is 13.2. The average molecular weight is 449 g/mol. The van der Waals surface area contributed by atoms with Crippen molar-refractivity contribution in [2.24, 2.45) is 0 Å². The van der Waals surface area contributed by atoms with Gasteiger partial charge in [-0.05, 0) is 58.4 Å². The summed E-state index contributed by atoms with van der Waals surface area (Å²) < 4.78 is 41.0. The monoisotopic (exact) mass is 448 g/mol. The smallest absolute Gasteiger partial charge is 0.261 e. The lowest BCUT2D eigenvalue weighted by atomic mass is 10.2. The topological polar surface area (TPSA) is 75.3 Å². The molecule has 0 bridgehead atoms. The van der Waals surface area contributed by atoms with Crippen LogP contribution >= 0.6 is 15.9 Å². The van der Waals surface area contributed by atoms with Crippen LogP contribution in [0.15, 0.2) is 82.2 Å². The number of para-hydroxylation sites is 2. The Hall–Kier alpha value is -2.71. The van der Waals surface area contributed by atoms with Gasteiger partial charge < -0.3 is 5.32 Å². The molecule has 0 aliphatic carbocycles. The first-order valence-electron chi connectivity index (χ1n) is 7.80. The fourth-order valence-electron chi connectivity index (χ4n) is 2.35. The van der Waals surface area contributed by atoms with E-state index in [1.807, 2.05) is 0 Å². The summed E-state index contributed by atoms with van der Waals surface area (Å²) in [6.45, 7) is 0. The number of sulfonamides is 1. The molecule has 8 heteroatoms. The highest BCUT2D eigenvalue weighted by atomic mass is 79.9. The van der Waals surface area contributed by atoms with E-state index < -0.39 is 21.7 Å². The van der Waals surface area contributed by atoms with Crippen LogP contribution < -0.4 is 10.0 Å². The molecule has 0 spiro atoms. The minimum Gasteiger partial charge on any atom is -0.320 e. The van der Waals surface area contributed by atoms with E-state index in [0.717, 1.165) is 0 Å². The molecule has 0 radical (unpaired) electrons. The predicted molar refractivity (Wildman–Crippen MR) is 106 cm³/mol. The average Bonchev–Trinajstić information content (AvgIpc) is 2.64. The van der Waals surface area contributed by atoms with Crippen LogP contribution in [0.1, 0.15) is 10.4 Å². The number of rotatable bonds is 5. The molecule has 0 aliphatic heterocycles. The van der Waals surface area contributed by atoms with Gasteiger partial charge in [-0.3, -0.25) is 9.52 Å². The van der Waals surface area contributed by atoms with Gasteiger partial charge in [-0.25, -0.2) is 12.8 Å². The van der Waals surface area contributed by atoms with Crippen LogP contribution in [0.2, 0.25) is 0 Å². The zero-order chi connectivity index (χ0) is 19.4. The van der Waals surface area contributed by atoms with Crippen LogP contribution in [0, 0.1) is 5.82 Å². The van der Waals surface area contributed by atoms with E-state index in [-0.39, 0.29) is 21.8 Å². The Kier molecular flexibility index (Phi) is 5.57. The highest BCUT2D eigenvalue weighted by Crippen LogP contribution is 2.26. The van der Waals surface area contributed by atoms with Gasteiger partial charge in [0.05, 0.1) is 21.8 Å². The number of benzene rings is 3. The van der Waals surface area contributed by atoms with Crippen molar-refractivity contribution in [3.8, 4) is 0 Å². The molecule has 3 aromatic rings. The molecule has 138 valence electrons.